The SMILES string of the molecule is O=C=NCc1ccc(C(=O)O)c(F)c1F. The third kappa shape index (κ3) is 2.24. The smallest absolute Gasteiger partial charge is 0.338 e. The first-order chi connectivity index (χ1) is 7.07. The lowest BCUT2D eigenvalue weighted by molar-refractivity contribution is 0.0690. The minimum Gasteiger partial charge on any atom is -0.478 e. The fourth-order valence-corrected chi connectivity index (χ4v) is 0.994. The number of aromatic carboxylic acids is 1. The maximum absolute atomic E-state index is 13.1. The minimum atomic E-state index is -1.56. The van der Waals surface area contributed by atoms with Gasteiger partial charge in [0.25, 0.3) is 0 Å². The van der Waals surface area contributed by atoms with Gasteiger partial charge in [-0.05, 0) is 6.07 Å². The molecule has 1 aromatic rings. The van der Waals surface area contributed by atoms with Crippen LogP contribution in [0, 0.1) is 11.6 Å². The molecule has 4 nitrogen and oxygen atoms in total. The van der Waals surface area contributed by atoms with Gasteiger partial charge in [0.1, 0.15) is 0 Å². The summed E-state index contributed by atoms with van der Waals surface area (Å²) in [5, 5.41) is 8.46. The lowest BCUT2D eigenvalue weighted by Crippen LogP contribution is -2.05. The Morgan fingerprint density at radius 1 is 1.40 bits per heavy atom. The van der Waals surface area contributed by atoms with Gasteiger partial charge in [-0.2, -0.15) is 0 Å². The van der Waals surface area contributed by atoms with Crippen molar-refractivity contribution in [2.45, 2.75) is 6.54 Å². The molecule has 15 heavy (non-hydrogen) atoms. The van der Waals surface area contributed by atoms with E-state index < -0.39 is 23.2 Å². The Bertz CT molecular complexity index is 453. The summed E-state index contributed by atoms with van der Waals surface area (Å²) in [6.07, 6.45) is 1.17. The molecular weight excluding hydrogens is 208 g/mol. The van der Waals surface area contributed by atoms with E-state index in [1.54, 1.807) is 0 Å². The maximum Gasteiger partial charge on any atom is 0.338 e. The number of hydrogen-bond donors (Lipinski definition) is 1. The van der Waals surface area contributed by atoms with E-state index in [1.807, 2.05) is 0 Å². The number of carbonyl (C=O) groups excluding carboxylic acids is 1. The molecule has 0 aliphatic heterocycles. The van der Waals surface area contributed by atoms with Gasteiger partial charge in [0.2, 0.25) is 6.08 Å². The molecule has 1 aromatic carbocycles. The summed E-state index contributed by atoms with van der Waals surface area (Å²) in [6, 6.07) is 1.97. The highest BCUT2D eigenvalue weighted by molar-refractivity contribution is 5.88. The van der Waals surface area contributed by atoms with Crippen molar-refractivity contribution in [1.29, 1.82) is 0 Å². The van der Waals surface area contributed by atoms with Gasteiger partial charge in [-0.1, -0.05) is 6.07 Å². The van der Waals surface area contributed by atoms with Gasteiger partial charge >= 0.3 is 5.97 Å². The van der Waals surface area contributed by atoms with E-state index in [2.05, 4.69) is 4.99 Å². The molecule has 0 aliphatic carbocycles. The molecule has 0 saturated heterocycles. The van der Waals surface area contributed by atoms with Crippen molar-refractivity contribution in [3.63, 3.8) is 0 Å². The van der Waals surface area contributed by atoms with E-state index in [4.69, 9.17) is 5.11 Å². The summed E-state index contributed by atoms with van der Waals surface area (Å²) < 4.78 is 26.2. The van der Waals surface area contributed by atoms with Crippen LogP contribution in [0.3, 0.4) is 0 Å². The Morgan fingerprint density at radius 3 is 2.60 bits per heavy atom. The van der Waals surface area contributed by atoms with Crippen molar-refractivity contribution in [2.24, 2.45) is 4.99 Å². The van der Waals surface area contributed by atoms with Crippen molar-refractivity contribution in [1.82, 2.24) is 0 Å². The van der Waals surface area contributed by atoms with Crippen LogP contribution < -0.4 is 0 Å². The van der Waals surface area contributed by atoms with Gasteiger partial charge in [-0.25, -0.2) is 23.4 Å². The molecule has 1 rings (SSSR count). The van der Waals surface area contributed by atoms with Crippen molar-refractivity contribution < 1.29 is 23.5 Å². The molecule has 0 saturated carbocycles. The highest BCUT2D eigenvalue weighted by atomic mass is 19.2. The Kier molecular flexibility index (Phi) is 3.25. The highest BCUT2D eigenvalue weighted by Crippen LogP contribution is 2.17. The molecule has 78 valence electrons. The molecule has 0 atom stereocenters. The monoisotopic (exact) mass is 213 g/mol. The molecule has 0 unspecified atom stereocenters. The van der Waals surface area contributed by atoms with E-state index in [9.17, 15) is 18.4 Å². The molecule has 6 heteroatoms. The predicted octanol–water partition coefficient (Wildman–Crippen LogP) is 1.50. The second-order valence-corrected chi connectivity index (χ2v) is 2.61. The zero-order valence-electron chi connectivity index (χ0n) is 7.33. The van der Waals surface area contributed by atoms with E-state index in [0.717, 1.165) is 12.1 Å². The van der Waals surface area contributed by atoms with Crippen LogP contribution in [0.1, 0.15) is 15.9 Å². The number of nitrogens with zero attached hydrogens (tertiary/aromatic N) is 1. The van der Waals surface area contributed by atoms with Gasteiger partial charge in [-0.15, -0.1) is 0 Å². The third-order valence-electron chi connectivity index (χ3n) is 1.71. The van der Waals surface area contributed by atoms with Crippen LogP contribution in [0.2, 0.25) is 0 Å². The number of carboxylic acids is 1. The third-order valence-corrected chi connectivity index (χ3v) is 1.71. The molecule has 0 aromatic heterocycles. The van der Waals surface area contributed by atoms with Crippen LogP contribution in [0.4, 0.5) is 8.78 Å². The minimum absolute atomic E-state index is 0.194. The van der Waals surface area contributed by atoms with Crippen LogP contribution in [0.15, 0.2) is 17.1 Å². The van der Waals surface area contributed by atoms with Gasteiger partial charge in [0.05, 0.1) is 12.1 Å². The quantitative estimate of drug-likeness (QED) is 0.611. The molecular formula is C9H5F2NO3. The summed E-state index contributed by atoms with van der Waals surface area (Å²) in [4.78, 5) is 23.2. The summed E-state index contributed by atoms with van der Waals surface area (Å²) >= 11 is 0. The normalized spacial score (nSPS) is 9.47. The molecule has 0 bridgehead atoms. The second-order valence-electron chi connectivity index (χ2n) is 2.61. The van der Waals surface area contributed by atoms with E-state index in [0.29, 0.717) is 0 Å². The second kappa shape index (κ2) is 4.43. The maximum atomic E-state index is 13.1. The first-order valence-corrected chi connectivity index (χ1v) is 3.81. The number of carbonyl (C=O) groups is 1. The zero-order chi connectivity index (χ0) is 11.4. The lowest BCUT2D eigenvalue weighted by Gasteiger charge is -2.02. The molecule has 0 amide bonds. The van der Waals surface area contributed by atoms with Gasteiger partial charge in [0.15, 0.2) is 11.6 Å². The predicted molar refractivity (Wildman–Crippen MR) is 45.1 cm³/mol. The van der Waals surface area contributed by atoms with Gasteiger partial charge in [0, 0.05) is 5.56 Å². The average Bonchev–Trinajstić information content (AvgIpc) is 2.20. The van der Waals surface area contributed by atoms with Crippen molar-refractivity contribution in [2.75, 3.05) is 0 Å². The highest BCUT2D eigenvalue weighted by Gasteiger charge is 2.17. The zero-order valence-corrected chi connectivity index (χ0v) is 7.33. The van der Waals surface area contributed by atoms with Crippen LogP contribution in [-0.2, 0) is 11.3 Å². The largest absolute Gasteiger partial charge is 0.478 e. The van der Waals surface area contributed by atoms with E-state index >= 15 is 0 Å². The van der Waals surface area contributed by atoms with E-state index in [-0.39, 0.29) is 12.1 Å². The van der Waals surface area contributed by atoms with Crippen LogP contribution in [0.5, 0.6) is 0 Å². The number of aliphatic imine (C=N–C) groups is 1. The molecule has 0 radical (unpaired) electrons. The standard InChI is InChI=1S/C9H5F2NO3/c10-7-5(3-12-4-13)1-2-6(8(7)11)9(14)15/h1-2H,3H2,(H,14,15). The average molecular weight is 213 g/mol. The molecule has 0 heterocycles. The number of benzene rings is 1. The Labute approximate surface area is 82.9 Å². The van der Waals surface area contributed by atoms with Crippen LogP contribution >= 0.6 is 0 Å². The topological polar surface area (TPSA) is 66.7 Å². The number of halogens is 2. The Morgan fingerprint density at radius 2 is 2.07 bits per heavy atom. The summed E-state index contributed by atoms with van der Waals surface area (Å²) in [5.74, 6) is -4.33. The first kappa shape index (κ1) is 11.0. The van der Waals surface area contributed by atoms with Crippen molar-refractivity contribution in [3.8, 4) is 0 Å². The number of isocyanates is 1. The van der Waals surface area contributed by atoms with Gasteiger partial charge < -0.3 is 5.11 Å². The van der Waals surface area contributed by atoms with E-state index in [1.165, 1.54) is 6.08 Å². The summed E-state index contributed by atoms with van der Waals surface area (Å²) in [6.45, 7) is -0.369. The van der Waals surface area contributed by atoms with Crippen molar-refractivity contribution >= 4 is 12.0 Å². The van der Waals surface area contributed by atoms with Gasteiger partial charge in [-0.3, -0.25) is 0 Å². The molecule has 0 fully saturated rings. The fraction of sp³-hybridized carbons (Fsp3) is 0.111. The van der Waals surface area contributed by atoms with Crippen LogP contribution in [-0.4, -0.2) is 17.2 Å². The Hall–Kier alpha value is -2.07. The lowest BCUT2D eigenvalue weighted by atomic mass is 10.1. The number of hydrogen-bond acceptors (Lipinski definition) is 3. The van der Waals surface area contributed by atoms with Crippen LogP contribution in [0.25, 0.3) is 0 Å². The fourth-order valence-electron chi connectivity index (χ4n) is 0.994. The van der Waals surface area contributed by atoms with Crippen molar-refractivity contribution in [3.05, 3.63) is 34.9 Å². The molecule has 1 N–H and O–H groups in total. The molecule has 0 spiro atoms. The Balaban J connectivity index is 3.20. The first-order valence-electron chi connectivity index (χ1n) is 3.81. The number of carboxylic acid groups (broad SMARTS) is 1. The summed E-state index contributed by atoms with van der Waals surface area (Å²) in [7, 11) is 0. The summed E-state index contributed by atoms with van der Waals surface area (Å²) in [5.41, 5.74) is -0.952. The number of rotatable bonds is 3. The molecule has 0 aliphatic rings.